The third kappa shape index (κ3) is 4.86. The minimum Gasteiger partial charge on any atom is -0.297 e. The van der Waals surface area contributed by atoms with E-state index >= 15 is 0 Å². The fourth-order valence-corrected chi connectivity index (χ4v) is 4.28. The number of amides is 2. The lowest BCUT2D eigenvalue weighted by Gasteiger charge is -2.37. The maximum Gasteiger partial charge on any atom is 0.247 e. The number of hydrogen-bond acceptors (Lipinski definition) is 4. The van der Waals surface area contributed by atoms with Crippen molar-refractivity contribution in [1.29, 1.82) is 0 Å². The number of benzene rings is 2. The summed E-state index contributed by atoms with van der Waals surface area (Å²) >= 11 is 5.96. The summed E-state index contributed by atoms with van der Waals surface area (Å²) in [5, 5.41) is 0.750. The lowest BCUT2D eigenvalue weighted by molar-refractivity contribution is -0.139. The van der Waals surface area contributed by atoms with Crippen LogP contribution in [0.25, 0.3) is 0 Å². The van der Waals surface area contributed by atoms with Gasteiger partial charge < -0.3 is 0 Å². The van der Waals surface area contributed by atoms with Gasteiger partial charge in [0, 0.05) is 44.3 Å². The van der Waals surface area contributed by atoms with Gasteiger partial charge in [0.25, 0.3) is 0 Å². The van der Waals surface area contributed by atoms with E-state index < -0.39 is 0 Å². The molecule has 0 radical (unpaired) electrons. The molecule has 2 fully saturated rings. The molecule has 6 heteroatoms. The van der Waals surface area contributed by atoms with E-state index in [4.69, 9.17) is 11.6 Å². The zero-order chi connectivity index (χ0) is 20.2. The Morgan fingerprint density at radius 3 is 2.24 bits per heavy atom. The van der Waals surface area contributed by atoms with Crippen LogP contribution in [-0.4, -0.2) is 65.3 Å². The van der Waals surface area contributed by atoms with Crippen LogP contribution in [0.1, 0.15) is 17.5 Å². The van der Waals surface area contributed by atoms with Crippen molar-refractivity contribution >= 4 is 23.4 Å². The first kappa shape index (κ1) is 20.1. The molecular formula is C23H26ClN3O2. The predicted molar refractivity (Wildman–Crippen MR) is 114 cm³/mol. The zero-order valence-electron chi connectivity index (χ0n) is 16.5. The second-order valence-corrected chi connectivity index (χ2v) is 8.21. The molecule has 4 rings (SSSR count). The molecule has 0 bridgehead atoms. The van der Waals surface area contributed by atoms with Crippen LogP contribution in [0.5, 0.6) is 0 Å². The smallest absolute Gasteiger partial charge is 0.247 e. The molecule has 0 saturated carbocycles. The third-order valence-electron chi connectivity index (χ3n) is 5.85. The number of rotatable bonds is 6. The fourth-order valence-electron chi connectivity index (χ4n) is 4.15. The van der Waals surface area contributed by atoms with E-state index in [1.165, 1.54) is 10.5 Å². The van der Waals surface area contributed by atoms with Gasteiger partial charge in [-0.15, -0.1) is 0 Å². The molecule has 0 N–H and O–H groups in total. The number of nitrogens with zero attached hydrogens (tertiary/aromatic N) is 3. The Kier molecular flexibility index (Phi) is 6.28. The molecule has 5 nitrogen and oxygen atoms in total. The van der Waals surface area contributed by atoms with E-state index in [1.54, 1.807) is 0 Å². The van der Waals surface area contributed by atoms with E-state index in [1.807, 2.05) is 42.5 Å². The Hall–Kier alpha value is -2.21. The Balaban J connectivity index is 1.29. The molecule has 2 amide bonds. The average Bonchev–Trinajstić information content (AvgIpc) is 3.03. The number of hydrogen-bond donors (Lipinski definition) is 0. The van der Waals surface area contributed by atoms with Gasteiger partial charge in [-0.2, -0.15) is 0 Å². The number of carbonyl (C=O) groups excluding carboxylic acids is 2. The van der Waals surface area contributed by atoms with Gasteiger partial charge in [-0.25, -0.2) is 0 Å². The summed E-state index contributed by atoms with van der Waals surface area (Å²) in [6, 6.07) is 17.6. The third-order valence-corrected chi connectivity index (χ3v) is 6.11. The molecule has 2 saturated heterocycles. The van der Waals surface area contributed by atoms with Crippen LogP contribution in [0.15, 0.2) is 54.6 Å². The molecule has 2 aromatic rings. The summed E-state index contributed by atoms with van der Waals surface area (Å²) in [5.41, 5.74) is 2.38. The van der Waals surface area contributed by atoms with E-state index in [2.05, 4.69) is 21.9 Å². The fraction of sp³-hybridized carbons (Fsp3) is 0.391. The molecule has 0 unspecified atom stereocenters. The normalized spacial score (nSPS) is 21.1. The molecule has 0 spiro atoms. The number of piperazine rings is 1. The number of carbonyl (C=O) groups is 2. The van der Waals surface area contributed by atoms with Crippen LogP contribution in [0.4, 0.5) is 0 Å². The van der Waals surface area contributed by atoms with Crippen LogP contribution in [0, 0.1) is 0 Å². The molecule has 2 aromatic carbocycles. The maximum atomic E-state index is 12.9. The first-order valence-electron chi connectivity index (χ1n) is 10.2. The molecule has 0 aliphatic carbocycles. The Morgan fingerprint density at radius 2 is 1.55 bits per heavy atom. The predicted octanol–water partition coefficient (Wildman–Crippen LogP) is 2.83. The molecule has 2 aliphatic rings. The SMILES string of the molecule is O=C1C[C@H](N2CCN(Cc3ccc(Cl)cc3)CC2)C(=O)N1CCc1ccccc1. The lowest BCUT2D eigenvalue weighted by atomic mass is 10.1. The topological polar surface area (TPSA) is 43.9 Å². The van der Waals surface area contributed by atoms with E-state index in [-0.39, 0.29) is 17.9 Å². The quantitative estimate of drug-likeness (QED) is 0.685. The summed E-state index contributed by atoms with van der Waals surface area (Å²) < 4.78 is 0. The van der Waals surface area contributed by atoms with Crippen molar-refractivity contribution in [3.8, 4) is 0 Å². The van der Waals surface area contributed by atoms with Crippen molar-refractivity contribution in [1.82, 2.24) is 14.7 Å². The molecule has 152 valence electrons. The second-order valence-electron chi connectivity index (χ2n) is 7.78. The van der Waals surface area contributed by atoms with Gasteiger partial charge in [-0.1, -0.05) is 54.1 Å². The van der Waals surface area contributed by atoms with Gasteiger partial charge in [0.1, 0.15) is 0 Å². The summed E-state index contributed by atoms with van der Waals surface area (Å²) in [6.07, 6.45) is 1.02. The highest BCUT2D eigenvalue weighted by molar-refractivity contribution is 6.30. The van der Waals surface area contributed by atoms with E-state index in [0.29, 0.717) is 19.4 Å². The molecule has 29 heavy (non-hydrogen) atoms. The van der Waals surface area contributed by atoms with Gasteiger partial charge in [-0.05, 0) is 29.7 Å². The van der Waals surface area contributed by atoms with Gasteiger partial charge in [0.05, 0.1) is 12.5 Å². The lowest BCUT2D eigenvalue weighted by Crippen LogP contribution is -2.52. The van der Waals surface area contributed by atoms with E-state index in [9.17, 15) is 9.59 Å². The molecule has 2 aliphatic heterocycles. The summed E-state index contributed by atoms with van der Waals surface area (Å²) in [4.78, 5) is 31.3. The van der Waals surface area contributed by atoms with Crippen molar-refractivity contribution in [2.75, 3.05) is 32.7 Å². The van der Waals surface area contributed by atoms with Gasteiger partial charge in [0.15, 0.2) is 0 Å². The first-order chi connectivity index (χ1) is 14.1. The molecule has 2 heterocycles. The van der Waals surface area contributed by atoms with Crippen molar-refractivity contribution < 1.29 is 9.59 Å². The van der Waals surface area contributed by atoms with Gasteiger partial charge in [0.2, 0.25) is 11.8 Å². The summed E-state index contributed by atoms with van der Waals surface area (Å²) in [7, 11) is 0. The van der Waals surface area contributed by atoms with Crippen LogP contribution < -0.4 is 0 Å². The maximum absolute atomic E-state index is 12.9. The standard InChI is InChI=1S/C23H26ClN3O2/c24-20-8-6-19(7-9-20)17-25-12-14-26(15-13-25)21-16-22(28)27(23(21)29)11-10-18-4-2-1-3-5-18/h1-9,21H,10-17H2/t21-/m0/s1. The van der Waals surface area contributed by atoms with E-state index in [0.717, 1.165) is 43.3 Å². The van der Waals surface area contributed by atoms with Crippen LogP contribution in [-0.2, 0) is 22.6 Å². The van der Waals surface area contributed by atoms with Crippen LogP contribution >= 0.6 is 11.6 Å². The Bertz CT molecular complexity index is 848. The Morgan fingerprint density at radius 1 is 0.862 bits per heavy atom. The number of likely N-dealkylation sites (tertiary alicyclic amines) is 1. The van der Waals surface area contributed by atoms with Crippen LogP contribution in [0.2, 0.25) is 5.02 Å². The second kappa shape index (κ2) is 9.08. The van der Waals surface area contributed by atoms with Crippen molar-refractivity contribution in [2.45, 2.75) is 25.4 Å². The zero-order valence-corrected chi connectivity index (χ0v) is 17.2. The monoisotopic (exact) mass is 411 g/mol. The van der Waals surface area contributed by atoms with Gasteiger partial charge >= 0.3 is 0 Å². The summed E-state index contributed by atoms with van der Waals surface area (Å²) in [6.45, 7) is 4.75. The highest BCUT2D eigenvalue weighted by Gasteiger charge is 2.42. The minimum absolute atomic E-state index is 0.0305. The molecule has 1 atom stereocenters. The molecular weight excluding hydrogens is 386 g/mol. The number of halogens is 1. The number of imide groups is 1. The van der Waals surface area contributed by atoms with Gasteiger partial charge in [-0.3, -0.25) is 24.3 Å². The van der Waals surface area contributed by atoms with Crippen molar-refractivity contribution in [2.24, 2.45) is 0 Å². The van der Waals surface area contributed by atoms with Crippen molar-refractivity contribution in [3.05, 3.63) is 70.7 Å². The minimum atomic E-state index is -0.295. The average molecular weight is 412 g/mol. The Labute approximate surface area is 176 Å². The van der Waals surface area contributed by atoms with Crippen LogP contribution in [0.3, 0.4) is 0 Å². The summed E-state index contributed by atoms with van der Waals surface area (Å²) in [5.74, 6) is -0.0726. The highest BCUT2D eigenvalue weighted by Crippen LogP contribution is 2.21. The largest absolute Gasteiger partial charge is 0.297 e. The van der Waals surface area contributed by atoms with Crippen molar-refractivity contribution in [3.63, 3.8) is 0 Å². The molecule has 0 aromatic heterocycles. The first-order valence-corrected chi connectivity index (χ1v) is 10.6. The highest BCUT2D eigenvalue weighted by atomic mass is 35.5.